The second-order valence-electron chi connectivity index (χ2n) is 3.94. The summed E-state index contributed by atoms with van der Waals surface area (Å²) in [6, 6.07) is 0. The van der Waals surface area contributed by atoms with Crippen LogP contribution in [-0.4, -0.2) is 16.1 Å². The van der Waals surface area contributed by atoms with Crippen LogP contribution >= 0.6 is 11.5 Å². The highest BCUT2D eigenvalue weighted by molar-refractivity contribution is 7.03. The summed E-state index contributed by atoms with van der Waals surface area (Å²) in [4.78, 5) is 0. The van der Waals surface area contributed by atoms with Crippen molar-refractivity contribution in [2.75, 3.05) is 6.54 Å². The molecular formula is C11H21N3S. The Morgan fingerprint density at radius 1 is 1.47 bits per heavy atom. The third-order valence-electron chi connectivity index (χ3n) is 2.69. The van der Waals surface area contributed by atoms with Crippen molar-refractivity contribution >= 4 is 11.5 Å². The maximum Gasteiger partial charge on any atom is 0.0893 e. The van der Waals surface area contributed by atoms with E-state index in [1.807, 2.05) is 5.38 Å². The van der Waals surface area contributed by atoms with Gasteiger partial charge in [-0.25, -0.2) is 0 Å². The topological polar surface area (TPSA) is 37.8 Å². The first-order valence-electron chi connectivity index (χ1n) is 5.83. The molecule has 0 aliphatic rings. The van der Waals surface area contributed by atoms with E-state index in [9.17, 15) is 0 Å². The monoisotopic (exact) mass is 227 g/mol. The van der Waals surface area contributed by atoms with Crippen LogP contribution in [0.25, 0.3) is 0 Å². The van der Waals surface area contributed by atoms with Crippen molar-refractivity contribution in [1.82, 2.24) is 14.9 Å². The van der Waals surface area contributed by atoms with Gasteiger partial charge in [-0.05, 0) is 30.4 Å². The largest absolute Gasteiger partial charge is 0.311 e. The van der Waals surface area contributed by atoms with Crippen LogP contribution in [-0.2, 0) is 6.54 Å². The first-order chi connectivity index (χ1) is 7.36. The van der Waals surface area contributed by atoms with Gasteiger partial charge in [0.1, 0.15) is 0 Å². The summed E-state index contributed by atoms with van der Waals surface area (Å²) in [6.07, 6.45) is 5.25. The van der Waals surface area contributed by atoms with Crippen LogP contribution < -0.4 is 5.32 Å². The van der Waals surface area contributed by atoms with Crippen LogP contribution in [0.3, 0.4) is 0 Å². The van der Waals surface area contributed by atoms with Crippen molar-refractivity contribution < 1.29 is 0 Å². The van der Waals surface area contributed by atoms with E-state index in [4.69, 9.17) is 0 Å². The number of unbranched alkanes of at least 4 members (excludes halogenated alkanes) is 1. The molecule has 0 aliphatic carbocycles. The summed E-state index contributed by atoms with van der Waals surface area (Å²) in [5, 5.41) is 9.46. The van der Waals surface area contributed by atoms with Crippen LogP contribution in [0.1, 0.15) is 45.2 Å². The van der Waals surface area contributed by atoms with E-state index in [-0.39, 0.29) is 0 Å². The van der Waals surface area contributed by atoms with Crippen LogP contribution in [0.4, 0.5) is 0 Å². The van der Waals surface area contributed by atoms with Crippen molar-refractivity contribution in [2.45, 2.75) is 46.1 Å². The van der Waals surface area contributed by atoms with Crippen molar-refractivity contribution in [3.63, 3.8) is 0 Å². The second-order valence-corrected chi connectivity index (χ2v) is 4.55. The maximum absolute atomic E-state index is 4.01. The highest BCUT2D eigenvalue weighted by Crippen LogP contribution is 2.11. The molecule has 1 rings (SSSR count). The number of nitrogens with one attached hydrogen (secondary N) is 1. The minimum atomic E-state index is 0.816. The van der Waals surface area contributed by atoms with Crippen LogP contribution in [0.5, 0.6) is 0 Å². The quantitative estimate of drug-likeness (QED) is 0.742. The Balaban J connectivity index is 2.11. The molecule has 1 heterocycles. The first kappa shape index (κ1) is 12.6. The Labute approximate surface area is 96.5 Å². The van der Waals surface area contributed by atoms with Gasteiger partial charge in [-0.1, -0.05) is 37.6 Å². The Kier molecular flexibility index (Phi) is 6.52. The fourth-order valence-corrected chi connectivity index (χ4v) is 2.06. The molecule has 0 saturated heterocycles. The summed E-state index contributed by atoms with van der Waals surface area (Å²) in [5.74, 6) is 0.816. The van der Waals surface area contributed by atoms with Crippen molar-refractivity contribution in [3.8, 4) is 0 Å². The van der Waals surface area contributed by atoms with Gasteiger partial charge < -0.3 is 5.32 Å². The maximum atomic E-state index is 4.01. The average molecular weight is 227 g/mol. The summed E-state index contributed by atoms with van der Waals surface area (Å²) in [5.41, 5.74) is 1.06. The zero-order valence-corrected chi connectivity index (χ0v) is 10.5. The highest BCUT2D eigenvalue weighted by Gasteiger charge is 2.05. The molecule has 0 aliphatic heterocycles. The summed E-state index contributed by atoms with van der Waals surface area (Å²) in [7, 11) is 0. The van der Waals surface area contributed by atoms with Gasteiger partial charge in [-0.15, -0.1) is 5.10 Å². The van der Waals surface area contributed by atoms with Gasteiger partial charge in [-0.3, -0.25) is 0 Å². The summed E-state index contributed by atoms with van der Waals surface area (Å²) >= 11 is 1.42. The van der Waals surface area contributed by atoms with E-state index in [2.05, 4.69) is 28.8 Å². The first-order valence-corrected chi connectivity index (χ1v) is 6.67. The van der Waals surface area contributed by atoms with Gasteiger partial charge in [0.2, 0.25) is 0 Å². The van der Waals surface area contributed by atoms with Crippen LogP contribution in [0.2, 0.25) is 0 Å². The molecule has 0 fully saturated rings. The number of hydrogen-bond donors (Lipinski definition) is 1. The van der Waals surface area contributed by atoms with Crippen molar-refractivity contribution in [2.24, 2.45) is 5.92 Å². The molecular weight excluding hydrogens is 206 g/mol. The molecule has 0 aromatic carbocycles. The molecule has 1 atom stereocenters. The Morgan fingerprint density at radius 3 is 2.93 bits per heavy atom. The third-order valence-corrected chi connectivity index (χ3v) is 3.24. The summed E-state index contributed by atoms with van der Waals surface area (Å²) in [6.45, 7) is 6.49. The Bertz CT molecular complexity index is 236. The molecule has 15 heavy (non-hydrogen) atoms. The van der Waals surface area contributed by atoms with Gasteiger partial charge in [0.25, 0.3) is 0 Å². The molecule has 1 N–H and O–H groups in total. The lowest BCUT2D eigenvalue weighted by Gasteiger charge is -2.14. The van der Waals surface area contributed by atoms with Gasteiger partial charge in [0.15, 0.2) is 0 Å². The SMILES string of the molecule is CCCC[C@@H](CC)CNCc1csnn1. The molecule has 0 unspecified atom stereocenters. The molecule has 4 heteroatoms. The molecule has 0 amide bonds. The molecule has 86 valence electrons. The van der Waals surface area contributed by atoms with E-state index in [0.29, 0.717) is 0 Å². The fraction of sp³-hybridized carbons (Fsp3) is 0.818. The molecule has 1 aromatic heterocycles. The van der Waals surface area contributed by atoms with Gasteiger partial charge in [0.05, 0.1) is 5.69 Å². The van der Waals surface area contributed by atoms with E-state index in [1.54, 1.807) is 0 Å². The van der Waals surface area contributed by atoms with Crippen molar-refractivity contribution in [1.29, 1.82) is 0 Å². The van der Waals surface area contributed by atoms with Gasteiger partial charge >= 0.3 is 0 Å². The summed E-state index contributed by atoms with van der Waals surface area (Å²) < 4.78 is 3.84. The minimum Gasteiger partial charge on any atom is -0.311 e. The van der Waals surface area contributed by atoms with Crippen LogP contribution in [0, 0.1) is 5.92 Å². The van der Waals surface area contributed by atoms with E-state index in [0.717, 1.165) is 24.7 Å². The third kappa shape index (κ3) is 5.23. The zero-order valence-electron chi connectivity index (χ0n) is 9.70. The Morgan fingerprint density at radius 2 is 2.33 bits per heavy atom. The Hall–Kier alpha value is -0.480. The van der Waals surface area contributed by atoms with Crippen molar-refractivity contribution in [3.05, 3.63) is 11.1 Å². The highest BCUT2D eigenvalue weighted by atomic mass is 32.1. The molecule has 0 bridgehead atoms. The lowest BCUT2D eigenvalue weighted by molar-refractivity contribution is 0.418. The number of rotatable bonds is 8. The lowest BCUT2D eigenvalue weighted by Crippen LogP contribution is -2.22. The molecule has 0 saturated carbocycles. The molecule has 0 radical (unpaired) electrons. The molecule has 3 nitrogen and oxygen atoms in total. The van der Waals surface area contributed by atoms with Gasteiger partial charge in [0, 0.05) is 11.9 Å². The van der Waals surface area contributed by atoms with E-state index >= 15 is 0 Å². The molecule has 0 spiro atoms. The number of nitrogens with zero attached hydrogens (tertiary/aromatic N) is 2. The number of aromatic nitrogens is 2. The van der Waals surface area contributed by atoms with Crippen LogP contribution in [0.15, 0.2) is 5.38 Å². The standard InChI is InChI=1S/C11H21N3S/c1-3-5-6-10(4-2)7-12-8-11-9-15-14-13-11/h9-10,12H,3-8H2,1-2H3/t10-/m1/s1. The number of hydrogen-bond acceptors (Lipinski definition) is 4. The second kappa shape index (κ2) is 7.77. The minimum absolute atomic E-state index is 0.816. The predicted molar refractivity (Wildman–Crippen MR) is 64.9 cm³/mol. The molecule has 1 aromatic rings. The zero-order chi connectivity index (χ0) is 10.9. The fourth-order valence-electron chi connectivity index (χ4n) is 1.61. The lowest BCUT2D eigenvalue weighted by atomic mass is 9.99. The normalized spacial score (nSPS) is 12.9. The van der Waals surface area contributed by atoms with E-state index in [1.165, 1.54) is 37.2 Å². The van der Waals surface area contributed by atoms with Gasteiger partial charge in [-0.2, -0.15) is 0 Å². The smallest absolute Gasteiger partial charge is 0.0893 e. The van der Waals surface area contributed by atoms with E-state index < -0.39 is 0 Å². The average Bonchev–Trinajstić information content (AvgIpc) is 2.76. The predicted octanol–water partition coefficient (Wildman–Crippen LogP) is 2.84.